The number of para-hydroxylation sites is 1. The van der Waals surface area contributed by atoms with Crippen LogP contribution in [0.4, 0.5) is 8.78 Å². The van der Waals surface area contributed by atoms with Gasteiger partial charge in [0.15, 0.2) is 17.4 Å². The molecule has 1 fully saturated rings. The van der Waals surface area contributed by atoms with Crippen molar-refractivity contribution in [2.45, 2.75) is 25.7 Å². The number of hydrogen-bond acceptors (Lipinski definition) is 2. The van der Waals surface area contributed by atoms with Gasteiger partial charge in [0.05, 0.1) is 6.61 Å². The minimum Gasteiger partial charge on any atom is -0.488 e. The zero-order chi connectivity index (χ0) is 12.3. The van der Waals surface area contributed by atoms with Gasteiger partial charge in [0.1, 0.15) is 5.78 Å². The van der Waals surface area contributed by atoms with E-state index in [1.807, 2.05) is 0 Å². The van der Waals surface area contributed by atoms with Gasteiger partial charge in [-0.05, 0) is 31.4 Å². The lowest BCUT2D eigenvalue weighted by atomic mass is 10.0. The van der Waals surface area contributed by atoms with Gasteiger partial charge < -0.3 is 4.74 Å². The summed E-state index contributed by atoms with van der Waals surface area (Å²) < 4.78 is 31.5. The van der Waals surface area contributed by atoms with Crippen LogP contribution in [-0.4, -0.2) is 12.4 Å². The van der Waals surface area contributed by atoms with Crippen molar-refractivity contribution in [2.24, 2.45) is 5.92 Å². The summed E-state index contributed by atoms with van der Waals surface area (Å²) in [7, 11) is 0. The Bertz CT molecular complexity index is 398. The Balaban J connectivity index is 1.88. The molecule has 2 rings (SSSR count). The van der Waals surface area contributed by atoms with Crippen molar-refractivity contribution < 1.29 is 18.3 Å². The number of ether oxygens (including phenoxy) is 1. The van der Waals surface area contributed by atoms with Crippen LogP contribution in [0.2, 0.25) is 0 Å². The monoisotopic (exact) mass is 240 g/mol. The summed E-state index contributed by atoms with van der Waals surface area (Å²) in [4.78, 5) is 11.3. The fourth-order valence-corrected chi connectivity index (χ4v) is 2.12. The summed E-state index contributed by atoms with van der Waals surface area (Å²) >= 11 is 0. The quantitative estimate of drug-likeness (QED) is 0.808. The van der Waals surface area contributed by atoms with Gasteiger partial charge in [-0.1, -0.05) is 6.07 Å². The van der Waals surface area contributed by atoms with Crippen molar-refractivity contribution in [3.05, 3.63) is 29.8 Å². The van der Waals surface area contributed by atoms with Crippen LogP contribution in [-0.2, 0) is 4.79 Å². The molecule has 92 valence electrons. The Kier molecular flexibility index (Phi) is 3.71. The second-order valence-corrected chi connectivity index (χ2v) is 4.24. The van der Waals surface area contributed by atoms with E-state index in [1.54, 1.807) is 0 Å². The minimum absolute atomic E-state index is 0.00448. The lowest BCUT2D eigenvalue weighted by molar-refractivity contribution is -0.121. The highest BCUT2D eigenvalue weighted by atomic mass is 19.1. The van der Waals surface area contributed by atoms with Crippen molar-refractivity contribution in [2.75, 3.05) is 6.61 Å². The van der Waals surface area contributed by atoms with E-state index in [1.165, 1.54) is 6.07 Å². The van der Waals surface area contributed by atoms with Crippen molar-refractivity contribution in [1.82, 2.24) is 0 Å². The molecule has 1 atom stereocenters. The molecule has 0 spiro atoms. The largest absolute Gasteiger partial charge is 0.488 e. The predicted octanol–water partition coefficient (Wildman–Crippen LogP) is 3.10. The molecule has 1 unspecified atom stereocenters. The van der Waals surface area contributed by atoms with Gasteiger partial charge in [-0.2, -0.15) is 0 Å². The van der Waals surface area contributed by atoms with Gasteiger partial charge in [-0.3, -0.25) is 4.79 Å². The molecule has 0 heterocycles. The van der Waals surface area contributed by atoms with Gasteiger partial charge in [0, 0.05) is 12.3 Å². The van der Waals surface area contributed by atoms with Crippen molar-refractivity contribution in [3.63, 3.8) is 0 Å². The lowest BCUT2D eigenvalue weighted by Crippen LogP contribution is -2.12. The molecule has 0 aliphatic heterocycles. The van der Waals surface area contributed by atoms with Crippen molar-refractivity contribution >= 4 is 5.78 Å². The molecule has 1 saturated carbocycles. The van der Waals surface area contributed by atoms with E-state index in [9.17, 15) is 13.6 Å². The van der Waals surface area contributed by atoms with E-state index in [2.05, 4.69) is 0 Å². The normalized spacial score (nSPS) is 19.6. The van der Waals surface area contributed by atoms with E-state index in [0.29, 0.717) is 12.8 Å². The number of carbonyl (C=O) groups excluding carboxylic acids is 1. The van der Waals surface area contributed by atoms with Crippen LogP contribution in [0.15, 0.2) is 18.2 Å². The molecular weight excluding hydrogens is 226 g/mol. The molecule has 0 amide bonds. The molecule has 0 bridgehead atoms. The highest BCUT2D eigenvalue weighted by molar-refractivity contribution is 5.82. The van der Waals surface area contributed by atoms with E-state index in [0.717, 1.165) is 25.0 Å². The highest BCUT2D eigenvalue weighted by Gasteiger charge is 2.24. The van der Waals surface area contributed by atoms with Crippen LogP contribution in [0.3, 0.4) is 0 Å². The van der Waals surface area contributed by atoms with Crippen LogP contribution in [0, 0.1) is 17.6 Å². The number of carbonyl (C=O) groups is 1. The van der Waals surface area contributed by atoms with E-state index < -0.39 is 11.6 Å². The van der Waals surface area contributed by atoms with Crippen LogP contribution in [0.1, 0.15) is 25.7 Å². The zero-order valence-electron chi connectivity index (χ0n) is 9.42. The third-order valence-electron chi connectivity index (χ3n) is 3.06. The number of rotatable bonds is 4. The van der Waals surface area contributed by atoms with E-state index in [4.69, 9.17) is 4.74 Å². The van der Waals surface area contributed by atoms with E-state index in [-0.39, 0.29) is 24.1 Å². The Morgan fingerprint density at radius 3 is 2.59 bits per heavy atom. The van der Waals surface area contributed by atoms with Crippen LogP contribution in [0.25, 0.3) is 0 Å². The fraction of sp³-hybridized carbons (Fsp3) is 0.462. The number of hydrogen-bond donors (Lipinski definition) is 0. The SMILES string of the molecule is O=C1CCCC1CCOc1c(F)cccc1F. The lowest BCUT2D eigenvalue weighted by Gasteiger charge is -2.10. The summed E-state index contributed by atoms with van der Waals surface area (Å²) in [6, 6.07) is 3.59. The summed E-state index contributed by atoms with van der Waals surface area (Å²) in [6.07, 6.45) is 2.94. The van der Waals surface area contributed by atoms with Crippen LogP contribution < -0.4 is 4.74 Å². The summed E-state index contributed by atoms with van der Waals surface area (Å²) in [5.41, 5.74) is 0. The Morgan fingerprint density at radius 2 is 2.00 bits per heavy atom. The zero-order valence-corrected chi connectivity index (χ0v) is 9.42. The van der Waals surface area contributed by atoms with Gasteiger partial charge in [-0.15, -0.1) is 0 Å². The molecule has 0 radical (unpaired) electrons. The number of halogens is 2. The first-order chi connectivity index (χ1) is 8.18. The maximum absolute atomic E-state index is 13.2. The third kappa shape index (κ3) is 2.81. The van der Waals surface area contributed by atoms with E-state index >= 15 is 0 Å². The standard InChI is InChI=1S/C13H14F2O2/c14-10-4-2-5-11(15)13(10)17-8-7-9-3-1-6-12(9)16/h2,4-5,9H,1,3,6-8H2. The fourth-order valence-electron chi connectivity index (χ4n) is 2.12. The minimum atomic E-state index is -0.706. The topological polar surface area (TPSA) is 26.3 Å². The third-order valence-corrected chi connectivity index (χ3v) is 3.06. The predicted molar refractivity (Wildman–Crippen MR) is 58.8 cm³/mol. The molecular formula is C13H14F2O2. The second-order valence-electron chi connectivity index (χ2n) is 4.24. The molecule has 1 aromatic rings. The van der Waals surface area contributed by atoms with Gasteiger partial charge in [-0.25, -0.2) is 8.78 Å². The maximum atomic E-state index is 13.2. The molecule has 1 aliphatic carbocycles. The maximum Gasteiger partial charge on any atom is 0.190 e. The molecule has 4 heteroatoms. The smallest absolute Gasteiger partial charge is 0.190 e. The first kappa shape index (κ1) is 12.0. The van der Waals surface area contributed by atoms with Gasteiger partial charge >= 0.3 is 0 Å². The number of ketones is 1. The Morgan fingerprint density at radius 1 is 1.29 bits per heavy atom. The summed E-state index contributed by atoms with van der Waals surface area (Å²) in [5, 5.41) is 0. The molecule has 17 heavy (non-hydrogen) atoms. The Hall–Kier alpha value is -1.45. The van der Waals surface area contributed by atoms with Gasteiger partial charge in [0.25, 0.3) is 0 Å². The first-order valence-corrected chi connectivity index (χ1v) is 5.78. The Labute approximate surface area is 98.6 Å². The second kappa shape index (κ2) is 5.25. The summed E-state index contributed by atoms with van der Waals surface area (Å²) in [6.45, 7) is 0.175. The average molecular weight is 240 g/mol. The molecule has 0 saturated heterocycles. The van der Waals surface area contributed by atoms with Crippen LogP contribution >= 0.6 is 0 Å². The number of benzene rings is 1. The average Bonchev–Trinajstić information content (AvgIpc) is 2.69. The first-order valence-electron chi connectivity index (χ1n) is 5.78. The van der Waals surface area contributed by atoms with Gasteiger partial charge in [0.2, 0.25) is 0 Å². The summed E-state index contributed by atoms with van der Waals surface area (Å²) in [5.74, 6) is -1.52. The highest BCUT2D eigenvalue weighted by Crippen LogP contribution is 2.26. The molecule has 0 N–H and O–H groups in total. The molecule has 0 aromatic heterocycles. The molecule has 1 aliphatic rings. The van der Waals surface area contributed by atoms with Crippen molar-refractivity contribution in [1.29, 1.82) is 0 Å². The number of Topliss-reactive ketones (excluding diaryl/α,β-unsaturated/α-hetero) is 1. The van der Waals surface area contributed by atoms with Crippen LogP contribution in [0.5, 0.6) is 5.75 Å². The van der Waals surface area contributed by atoms with Crippen molar-refractivity contribution in [3.8, 4) is 5.75 Å². The molecule has 2 nitrogen and oxygen atoms in total. The molecule has 1 aromatic carbocycles.